The molecule has 0 unspecified atom stereocenters. The zero-order valence-corrected chi connectivity index (χ0v) is 12.3. The summed E-state index contributed by atoms with van der Waals surface area (Å²) in [5.74, 6) is 1.66. The fraction of sp³-hybridized carbons (Fsp3) is 0.600. The first kappa shape index (κ1) is 14.8. The minimum Gasteiger partial charge on any atom is -0.357 e. The van der Waals surface area contributed by atoms with Crippen molar-refractivity contribution < 1.29 is 4.79 Å². The van der Waals surface area contributed by atoms with Crippen LogP contribution in [0.2, 0.25) is 0 Å². The monoisotopic (exact) mass is 276 g/mol. The molecule has 3 N–H and O–H groups in total. The molecule has 0 saturated carbocycles. The van der Waals surface area contributed by atoms with Crippen LogP contribution >= 0.6 is 0 Å². The van der Waals surface area contributed by atoms with E-state index in [-0.39, 0.29) is 11.9 Å². The number of anilines is 1. The standard InChI is InChI=1S/C15H24N4O/c1-11(16)14-3-4-15(18-10-14)19-7-5-13(6-8-19)9-17-12(2)20/h3-4,10-11,13H,5-9,16H2,1-2H3,(H,17,20)/t11-/m0/s1. The minimum atomic E-state index is 0.0277. The molecule has 1 atom stereocenters. The van der Waals surface area contributed by atoms with E-state index in [1.54, 1.807) is 6.92 Å². The molecule has 0 aliphatic carbocycles. The van der Waals surface area contributed by atoms with Gasteiger partial charge in [-0.05, 0) is 37.3 Å². The summed E-state index contributed by atoms with van der Waals surface area (Å²) in [7, 11) is 0. The van der Waals surface area contributed by atoms with Crippen molar-refractivity contribution in [1.82, 2.24) is 10.3 Å². The summed E-state index contributed by atoms with van der Waals surface area (Å²) in [6, 6.07) is 4.13. The van der Waals surface area contributed by atoms with E-state index in [1.807, 2.05) is 19.2 Å². The Morgan fingerprint density at radius 2 is 2.20 bits per heavy atom. The third kappa shape index (κ3) is 3.93. The van der Waals surface area contributed by atoms with Crippen LogP contribution in [0.5, 0.6) is 0 Å². The molecule has 1 aromatic rings. The van der Waals surface area contributed by atoms with Gasteiger partial charge in [0.15, 0.2) is 0 Å². The normalized spacial score (nSPS) is 17.9. The Morgan fingerprint density at radius 1 is 1.50 bits per heavy atom. The predicted octanol–water partition coefficient (Wildman–Crippen LogP) is 1.45. The van der Waals surface area contributed by atoms with Gasteiger partial charge in [0.2, 0.25) is 5.91 Å². The van der Waals surface area contributed by atoms with Gasteiger partial charge in [0.1, 0.15) is 5.82 Å². The highest BCUT2D eigenvalue weighted by Gasteiger charge is 2.20. The van der Waals surface area contributed by atoms with Crippen molar-refractivity contribution in [2.75, 3.05) is 24.5 Å². The SMILES string of the molecule is CC(=O)NCC1CCN(c2ccc([C@H](C)N)cn2)CC1. The smallest absolute Gasteiger partial charge is 0.216 e. The van der Waals surface area contributed by atoms with Crippen LogP contribution < -0.4 is 16.0 Å². The topological polar surface area (TPSA) is 71.2 Å². The van der Waals surface area contributed by atoms with Gasteiger partial charge in [-0.1, -0.05) is 6.07 Å². The number of piperidine rings is 1. The number of hydrogen-bond acceptors (Lipinski definition) is 4. The van der Waals surface area contributed by atoms with Crippen molar-refractivity contribution in [2.45, 2.75) is 32.7 Å². The van der Waals surface area contributed by atoms with E-state index in [0.717, 1.165) is 43.9 Å². The van der Waals surface area contributed by atoms with E-state index < -0.39 is 0 Å². The fourth-order valence-electron chi connectivity index (χ4n) is 2.51. The van der Waals surface area contributed by atoms with Crippen LogP contribution in [-0.4, -0.2) is 30.5 Å². The molecule has 1 aliphatic rings. The van der Waals surface area contributed by atoms with Gasteiger partial charge in [0.05, 0.1) is 0 Å². The number of carbonyl (C=O) groups excluding carboxylic acids is 1. The molecule has 0 radical (unpaired) electrons. The first-order chi connectivity index (χ1) is 9.56. The molecule has 5 nitrogen and oxygen atoms in total. The van der Waals surface area contributed by atoms with Crippen LogP contribution in [-0.2, 0) is 4.79 Å². The number of nitrogens with zero attached hydrogens (tertiary/aromatic N) is 2. The van der Waals surface area contributed by atoms with Crippen LogP contribution in [0.15, 0.2) is 18.3 Å². The Morgan fingerprint density at radius 3 is 2.70 bits per heavy atom. The highest BCUT2D eigenvalue weighted by Crippen LogP contribution is 2.22. The predicted molar refractivity (Wildman–Crippen MR) is 80.5 cm³/mol. The van der Waals surface area contributed by atoms with Gasteiger partial charge in [0.25, 0.3) is 0 Å². The van der Waals surface area contributed by atoms with Crippen LogP contribution in [0.1, 0.15) is 38.3 Å². The van der Waals surface area contributed by atoms with E-state index in [9.17, 15) is 4.79 Å². The van der Waals surface area contributed by atoms with Crippen LogP contribution in [0.4, 0.5) is 5.82 Å². The summed E-state index contributed by atoms with van der Waals surface area (Å²) < 4.78 is 0. The average Bonchev–Trinajstić information content (AvgIpc) is 2.46. The van der Waals surface area contributed by atoms with Crippen LogP contribution in [0.3, 0.4) is 0 Å². The second-order valence-electron chi connectivity index (χ2n) is 5.61. The van der Waals surface area contributed by atoms with E-state index in [4.69, 9.17) is 5.73 Å². The second-order valence-corrected chi connectivity index (χ2v) is 5.61. The summed E-state index contributed by atoms with van der Waals surface area (Å²) >= 11 is 0. The molecule has 1 aromatic heterocycles. The number of nitrogens with one attached hydrogen (secondary N) is 1. The molecular formula is C15H24N4O. The average molecular weight is 276 g/mol. The molecule has 1 saturated heterocycles. The molecule has 0 aromatic carbocycles. The van der Waals surface area contributed by atoms with Gasteiger partial charge in [-0.3, -0.25) is 4.79 Å². The molecule has 2 rings (SSSR count). The first-order valence-electron chi connectivity index (χ1n) is 7.27. The van der Waals surface area contributed by atoms with Crippen molar-refractivity contribution in [3.05, 3.63) is 23.9 Å². The molecule has 0 spiro atoms. The number of aromatic nitrogens is 1. The molecule has 5 heteroatoms. The molecule has 1 fully saturated rings. The van der Waals surface area contributed by atoms with Crippen molar-refractivity contribution in [3.8, 4) is 0 Å². The van der Waals surface area contributed by atoms with Gasteiger partial charge in [0, 0.05) is 38.8 Å². The molecule has 1 aliphatic heterocycles. The fourth-order valence-corrected chi connectivity index (χ4v) is 2.51. The molecule has 110 valence electrons. The Labute approximate surface area is 120 Å². The zero-order chi connectivity index (χ0) is 14.5. The molecular weight excluding hydrogens is 252 g/mol. The Kier molecular flexibility index (Phi) is 4.95. The molecule has 1 amide bonds. The quantitative estimate of drug-likeness (QED) is 0.873. The summed E-state index contributed by atoms with van der Waals surface area (Å²) in [6.45, 7) is 6.31. The van der Waals surface area contributed by atoms with E-state index in [0.29, 0.717) is 5.92 Å². The van der Waals surface area contributed by atoms with Crippen molar-refractivity contribution >= 4 is 11.7 Å². The van der Waals surface area contributed by atoms with Crippen molar-refractivity contribution in [3.63, 3.8) is 0 Å². The zero-order valence-electron chi connectivity index (χ0n) is 12.3. The minimum absolute atomic E-state index is 0.0277. The molecule has 0 bridgehead atoms. The number of hydrogen-bond donors (Lipinski definition) is 2. The van der Waals surface area contributed by atoms with Crippen LogP contribution in [0, 0.1) is 5.92 Å². The number of nitrogens with two attached hydrogens (primary N) is 1. The lowest BCUT2D eigenvalue weighted by Crippen LogP contribution is -2.38. The lowest BCUT2D eigenvalue weighted by Gasteiger charge is -2.32. The molecule has 2 heterocycles. The Hall–Kier alpha value is -1.62. The summed E-state index contributed by atoms with van der Waals surface area (Å²) in [5, 5.41) is 2.90. The maximum atomic E-state index is 10.9. The number of carbonyl (C=O) groups is 1. The third-order valence-corrected chi connectivity index (χ3v) is 3.87. The molecule has 20 heavy (non-hydrogen) atoms. The van der Waals surface area contributed by atoms with E-state index in [1.165, 1.54) is 0 Å². The number of amides is 1. The third-order valence-electron chi connectivity index (χ3n) is 3.87. The number of rotatable bonds is 4. The first-order valence-corrected chi connectivity index (χ1v) is 7.27. The highest BCUT2D eigenvalue weighted by molar-refractivity contribution is 5.72. The highest BCUT2D eigenvalue weighted by atomic mass is 16.1. The van der Waals surface area contributed by atoms with Crippen molar-refractivity contribution in [2.24, 2.45) is 11.7 Å². The van der Waals surface area contributed by atoms with Gasteiger partial charge in [-0.25, -0.2) is 4.98 Å². The van der Waals surface area contributed by atoms with E-state index >= 15 is 0 Å². The van der Waals surface area contributed by atoms with Gasteiger partial charge < -0.3 is 16.0 Å². The van der Waals surface area contributed by atoms with E-state index in [2.05, 4.69) is 21.3 Å². The Balaban J connectivity index is 1.85. The number of pyridine rings is 1. The largest absolute Gasteiger partial charge is 0.357 e. The summed E-state index contributed by atoms with van der Waals surface area (Å²) in [4.78, 5) is 17.7. The second kappa shape index (κ2) is 6.70. The summed E-state index contributed by atoms with van der Waals surface area (Å²) in [5.41, 5.74) is 6.89. The lowest BCUT2D eigenvalue weighted by atomic mass is 9.96. The van der Waals surface area contributed by atoms with Gasteiger partial charge in [-0.2, -0.15) is 0 Å². The maximum Gasteiger partial charge on any atom is 0.216 e. The lowest BCUT2D eigenvalue weighted by molar-refractivity contribution is -0.119. The summed E-state index contributed by atoms with van der Waals surface area (Å²) in [6.07, 6.45) is 4.05. The van der Waals surface area contributed by atoms with Gasteiger partial charge in [-0.15, -0.1) is 0 Å². The maximum absolute atomic E-state index is 10.9. The van der Waals surface area contributed by atoms with Crippen LogP contribution in [0.25, 0.3) is 0 Å². The Bertz CT molecular complexity index is 436. The van der Waals surface area contributed by atoms with Gasteiger partial charge >= 0.3 is 0 Å². The van der Waals surface area contributed by atoms with Crippen molar-refractivity contribution in [1.29, 1.82) is 0 Å².